The van der Waals surface area contributed by atoms with Crippen LogP contribution in [0.1, 0.15) is 29.8 Å². The van der Waals surface area contributed by atoms with E-state index in [9.17, 15) is 0 Å². The molecule has 1 N–H and O–H groups in total. The fraction of sp³-hybridized carbons (Fsp3) is 0.467. The topological polar surface area (TPSA) is 52.0 Å². The van der Waals surface area contributed by atoms with Crippen LogP contribution in [0, 0.1) is 13.8 Å². The first kappa shape index (κ1) is 13.1. The molecule has 2 heterocycles. The van der Waals surface area contributed by atoms with Gasteiger partial charge in [-0.1, -0.05) is 6.07 Å². The molecule has 2 aromatic heterocycles. The number of hydrogen-bond acceptors (Lipinski definition) is 4. The van der Waals surface area contributed by atoms with E-state index in [1.54, 1.807) is 6.20 Å². The summed E-state index contributed by atoms with van der Waals surface area (Å²) in [6.45, 7) is 4.75. The van der Waals surface area contributed by atoms with E-state index in [-0.39, 0.29) is 0 Å². The highest BCUT2D eigenvalue weighted by Gasteiger charge is 2.21. The average molecular weight is 272 g/mol. The summed E-state index contributed by atoms with van der Waals surface area (Å²) in [7, 11) is 1.92. The molecule has 20 heavy (non-hydrogen) atoms. The van der Waals surface area contributed by atoms with Crippen LogP contribution in [-0.4, -0.2) is 20.8 Å². The van der Waals surface area contributed by atoms with Gasteiger partial charge in [0.05, 0.1) is 5.69 Å². The van der Waals surface area contributed by atoms with Gasteiger partial charge in [-0.15, -0.1) is 0 Å². The zero-order valence-electron chi connectivity index (χ0n) is 12.2. The smallest absolute Gasteiger partial charge is 0.223 e. The van der Waals surface area contributed by atoms with Crippen LogP contribution in [-0.2, 0) is 13.6 Å². The maximum atomic E-state index is 6.01. The Bertz CT molecular complexity index is 616. The Balaban J connectivity index is 1.82. The largest absolute Gasteiger partial charge is 0.435 e. The lowest BCUT2D eigenvalue weighted by molar-refractivity contribution is 0.445. The minimum absolute atomic E-state index is 0.667. The SMILES string of the molecule is Cc1nn(C)c(C)c1Oc1ncccc1CNC1CC1. The normalized spacial score (nSPS) is 14.6. The Labute approximate surface area is 119 Å². The van der Waals surface area contributed by atoms with E-state index in [2.05, 4.69) is 21.5 Å². The number of aryl methyl sites for hydroxylation is 2. The van der Waals surface area contributed by atoms with Crippen molar-refractivity contribution in [3.63, 3.8) is 0 Å². The van der Waals surface area contributed by atoms with Crippen LogP contribution in [0.2, 0.25) is 0 Å². The summed E-state index contributed by atoms with van der Waals surface area (Å²) in [5.41, 5.74) is 2.98. The standard InChI is InChI=1S/C15H20N4O/c1-10-14(11(2)19(3)18-10)20-15-12(5-4-8-16-15)9-17-13-6-7-13/h4-5,8,13,17H,6-7,9H2,1-3H3. The van der Waals surface area contributed by atoms with Gasteiger partial charge >= 0.3 is 0 Å². The first-order valence-corrected chi connectivity index (χ1v) is 7.00. The lowest BCUT2D eigenvalue weighted by atomic mass is 10.2. The second kappa shape index (κ2) is 5.25. The molecule has 0 saturated heterocycles. The second-order valence-electron chi connectivity index (χ2n) is 5.35. The van der Waals surface area contributed by atoms with Gasteiger partial charge in [0, 0.05) is 31.4 Å². The molecule has 0 unspecified atom stereocenters. The van der Waals surface area contributed by atoms with Gasteiger partial charge in [0.15, 0.2) is 5.75 Å². The molecule has 0 radical (unpaired) electrons. The van der Waals surface area contributed by atoms with Gasteiger partial charge in [0.1, 0.15) is 5.69 Å². The summed E-state index contributed by atoms with van der Waals surface area (Å²) < 4.78 is 7.84. The van der Waals surface area contributed by atoms with E-state index in [1.165, 1.54) is 12.8 Å². The minimum Gasteiger partial charge on any atom is -0.435 e. The molecule has 1 saturated carbocycles. The predicted molar refractivity (Wildman–Crippen MR) is 76.9 cm³/mol. The quantitative estimate of drug-likeness (QED) is 0.908. The number of aromatic nitrogens is 3. The van der Waals surface area contributed by atoms with Gasteiger partial charge in [0.2, 0.25) is 5.88 Å². The monoisotopic (exact) mass is 272 g/mol. The third-order valence-electron chi connectivity index (χ3n) is 3.65. The highest BCUT2D eigenvalue weighted by Crippen LogP contribution is 2.29. The number of ether oxygens (including phenoxy) is 1. The van der Waals surface area contributed by atoms with Crippen LogP contribution in [0.5, 0.6) is 11.6 Å². The van der Waals surface area contributed by atoms with E-state index in [1.807, 2.05) is 31.6 Å². The fourth-order valence-corrected chi connectivity index (χ4v) is 2.19. The molecule has 2 aromatic rings. The van der Waals surface area contributed by atoms with Crippen molar-refractivity contribution in [2.45, 2.75) is 39.3 Å². The fourth-order valence-electron chi connectivity index (χ4n) is 2.19. The van der Waals surface area contributed by atoms with Crippen LogP contribution in [0.25, 0.3) is 0 Å². The summed E-state index contributed by atoms with van der Waals surface area (Å²) >= 11 is 0. The van der Waals surface area contributed by atoms with Crippen molar-refractivity contribution < 1.29 is 4.74 Å². The Morgan fingerprint density at radius 2 is 2.20 bits per heavy atom. The van der Waals surface area contributed by atoms with Crippen molar-refractivity contribution in [1.29, 1.82) is 0 Å². The molecule has 0 bridgehead atoms. The zero-order chi connectivity index (χ0) is 14.1. The first-order chi connectivity index (χ1) is 9.65. The van der Waals surface area contributed by atoms with Crippen molar-refractivity contribution in [2.75, 3.05) is 0 Å². The predicted octanol–water partition coefficient (Wildman–Crippen LogP) is 2.48. The molecule has 0 spiro atoms. The summed E-state index contributed by atoms with van der Waals surface area (Å²) in [5.74, 6) is 1.47. The van der Waals surface area contributed by atoms with Crippen molar-refractivity contribution in [1.82, 2.24) is 20.1 Å². The third kappa shape index (κ3) is 2.67. The molecule has 1 aliphatic rings. The Hall–Kier alpha value is -1.88. The summed E-state index contributed by atoms with van der Waals surface area (Å²) in [6.07, 6.45) is 4.31. The van der Waals surface area contributed by atoms with Gasteiger partial charge in [-0.2, -0.15) is 5.10 Å². The van der Waals surface area contributed by atoms with E-state index in [0.717, 1.165) is 29.2 Å². The number of nitrogens with one attached hydrogen (secondary N) is 1. The highest BCUT2D eigenvalue weighted by atomic mass is 16.5. The van der Waals surface area contributed by atoms with Gasteiger partial charge in [0.25, 0.3) is 0 Å². The van der Waals surface area contributed by atoms with Crippen molar-refractivity contribution >= 4 is 0 Å². The van der Waals surface area contributed by atoms with Crippen LogP contribution in [0.3, 0.4) is 0 Å². The van der Waals surface area contributed by atoms with E-state index in [4.69, 9.17) is 4.74 Å². The number of pyridine rings is 1. The molecular formula is C15H20N4O. The molecule has 3 rings (SSSR count). The molecule has 0 aliphatic heterocycles. The molecule has 1 fully saturated rings. The summed E-state index contributed by atoms with van der Waals surface area (Å²) in [5, 5.41) is 7.86. The third-order valence-corrected chi connectivity index (χ3v) is 3.65. The minimum atomic E-state index is 0.667. The van der Waals surface area contributed by atoms with Gasteiger partial charge < -0.3 is 10.1 Å². The highest BCUT2D eigenvalue weighted by molar-refractivity contribution is 5.37. The van der Waals surface area contributed by atoms with E-state index < -0.39 is 0 Å². The summed E-state index contributed by atoms with van der Waals surface area (Å²) in [4.78, 5) is 4.36. The second-order valence-corrected chi connectivity index (χ2v) is 5.35. The first-order valence-electron chi connectivity index (χ1n) is 7.00. The number of hydrogen-bond donors (Lipinski definition) is 1. The maximum Gasteiger partial charge on any atom is 0.223 e. The molecule has 5 heteroatoms. The van der Waals surface area contributed by atoms with Gasteiger partial charge in [-0.05, 0) is 32.8 Å². The van der Waals surface area contributed by atoms with Crippen LogP contribution < -0.4 is 10.1 Å². The molecular weight excluding hydrogens is 252 g/mol. The zero-order valence-corrected chi connectivity index (χ0v) is 12.2. The molecule has 1 aliphatic carbocycles. The average Bonchev–Trinajstić information content (AvgIpc) is 3.23. The maximum absolute atomic E-state index is 6.01. The van der Waals surface area contributed by atoms with Crippen molar-refractivity contribution in [3.8, 4) is 11.6 Å². The van der Waals surface area contributed by atoms with Crippen LogP contribution in [0.15, 0.2) is 18.3 Å². The number of rotatable bonds is 5. The van der Waals surface area contributed by atoms with Crippen LogP contribution in [0.4, 0.5) is 0 Å². The van der Waals surface area contributed by atoms with Gasteiger partial charge in [-0.25, -0.2) is 4.98 Å². The Morgan fingerprint density at radius 1 is 1.40 bits per heavy atom. The van der Waals surface area contributed by atoms with E-state index >= 15 is 0 Å². The molecule has 0 aromatic carbocycles. The van der Waals surface area contributed by atoms with E-state index in [0.29, 0.717) is 11.9 Å². The lowest BCUT2D eigenvalue weighted by Gasteiger charge is -2.10. The number of nitrogens with zero attached hydrogens (tertiary/aromatic N) is 3. The Kier molecular flexibility index (Phi) is 3.44. The van der Waals surface area contributed by atoms with Crippen molar-refractivity contribution in [3.05, 3.63) is 35.3 Å². The summed E-state index contributed by atoms with van der Waals surface area (Å²) in [6, 6.07) is 4.67. The Morgan fingerprint density at radius 3 is 2.85 bits per heavy atom. The molecule has 106 valence electrons. The van der Waals surface area contributed by atoms with Gasteiger partial charge in [-0.3, -0.25) is 4.68 Å². The van der Waals surface area contributed by atoms with Crippen LogP contribution >= 0.6 is 0 Å². The molecule has 5 nitrogen and oxygen atoms in total. The van der Waals surface area contributed by atoms with Crippen molar-refractivity contribution in [2.24, 2.45) is 7.05 Å². The molecule has 0 amide bonds. The molecule has 0 atom stereocenters. The lowest BCUT2D eigenvalue weighted by Crippen LogP contribution is -2.16.